The molecule has 33 heavy (non-hydrogen) atoms. The van der Waals surface area contributed by atoms with Gasteiger partial charge in [0.2, 0.25) is 0 Å². The number of hydrogen-bond donors (Lipinski definition) is 2. The minimum absolute atomic E-state index is 0.203. The molecule has 5 rings (SSSR count). The highest BCUT2D eigenvalue weighted by Gasteiger charge is 2.36. The van der Waals surface area contributed by atoms with Gasteiger partial charge in [-0.15, -0.1) is 0 Å². The fraction of sp³-hybridized carbons (Fsp3) is 0.500. The third-order valence-electron chi connectivity index (χ3n) is 7.16. The maximum absolute atomic E-state index is 10.1. The first-order valence-electron chi connectivity index (χ1n) is 12.0. The lowest BCUT2D eigenvalue weighted by molar-refractivity contribution is 0.144. The third-order valence-corrected chi connectivity index (χ3v) is 7.16. The van der Waals surface area contributed by atoms with Gasteiger partial charge in [0.05, 0.1) is 17.0 Å². The molecule has 1 aliphatic heterocycles. The number of aromatic nitrogens is 3. The monoisotopic (exact) mass is 447 g/mol. The summed E-state index contributed by atoms with van der Waals surface area (Å²) >= 11 is 0. The molecule has 1 saturated heterocycles. The second-order valence-electron chi connectivity index (χ2n) is 9.75. The minimum Gasteiger partial charge on any atom is -0.508 e. The van der Waals surface area contributed by atoms with Gasteiger partial charge in [0.1, 0.15) is 17.3 Å². The van der Waals surface area contributed by atoms with Gasteiger partial charge in [-0.05, 0) is 78.0 Å². The number of anilines is 1. The summed E-state index contributed by atoms with van der Waals surface area (Å²) in [5, 5.41) is 18.0. The van der Waals surface area contributed by atoms with E-state index in [1.54, 1.807) is 12.1 Å². The van der Waals surface area contributed by atoms with Crippen molar-refractivity contribution in [3.63, 3.8) is 0 Å². The van der Waals surface area contributed by atoms with E-state index in [1.165, 1.54) is 12.8 Å². The fourth-order valence-electron chi connectivity index (χ4n) is 5.16. The smallest absolute Gasteiger partial charge is 0.162 e. The summed E-state index contributed by atoms with van der Waals surface area (Å²) < 4.78 is 5.46. The summed E-state index contributed by atoms with van der Waals surface area (Å²) in [4.78, 5) is 12.6. The van der Waals surface area contributed by atoms with E-state index in [0.29, 0.717) is 17.9 Å². The van der Waals surface area contributed by atoms with Crippen LogP contribution in [0.2, 0.25) is 0 Å². The molecule has 7 heteroatoms. The topological polar surface area (TPSA) is 87.3 Å². The molecule has 7 nitrogen and oxygen atoms in total. The van der Waals surface area contributed by atoms with Gasteiger partial charge in [0.15, 0.2) is 5.82 Å². The number of nitrogens with zero attached hydrogens (tertiary/aromatic N) is 4. The fourth-order valence-corrected chi connectivity index (χ4v) is 5.16. The summed E-state index contributed by atoms with van der Waals surface area (Å²) in [6.07, 6.45) is 4.90. The Kier molecular flexibility index (Phi) is 5.60. The average molecular weight is 448 g/mol. The van der Waals surface area contributed by atoms with E-state index < -0.39 is 0 Å². The first-order valence-corrected chi connectivity index (χ1v) is 12.0. The van der Waals surface area contributed by atoms with Crippen LogP contribution in [-0.2, 0) is 0 Å². The summed E-state index contributed by atoms with van der Waals surface area (Å²) in [6.45, 7) is 11.4. The van der Waals surface area contributed by atoms with Gasteiger partial charge in [-0.25, -0.2) is 9.97 Å². The second-order valence-corrected chi connectivity index (χ2v) is 9.75. The van der Waals surface area contributed by atoms with Crippen molar-refractivity contribution in [2.24, 2.45) is 0 Å². The number of aromatic hydroxyl groups is 1. The number of piperidine rings is 1. The van der Waals surface area contributed by atoms with Gasteiger partial charge >= 0.3 is 0 Å². The van der Waals surface area contributed by atoms with Crippen molar-refractivity contribution >= 4 is 5.82 Å². The number of rotatable bonds is 5. The predicted octanol–water partition coefficient (Wildman–Crippen LogP) is 5.17. The zero-order valence-electron chi connectivity index (χ0n) is 20.1. The lowest BCUT2D eigenvalue weighted by atomic mass is 9.97. The van der Waals surface area contributed by atoms with Crippen LogP contribution >= 0.6 is 0 Å². The first-order chi connectivity index (χ1) is 15.8. The largest absolute Gasteiger partial charge is 0.508 e. The van der Waals surface area contributed by atoms with Gasteiger partial charge in [-0.3, -0.25) is 4.90 Å². The van der Waals surface area contributed by atoms with Gasteiger partial charge in [-0.2, -0.15) is 0 Å². The van der Waals surface area contributed by atoms with Gasteiger partial charge in [0, 0.05) is 35.8 Å². The Morgan fingerprint density at radius 1 is 1.09 bits per heavy atom. The molecule has 0 bridgehead atoms. The number of likely N-dealkylation sites (tertiary alicyclic amines) is 1. The van der Waals surface area contributed by atoms with E-state index in [1.807, 2.05) is 26.8 Å². The van der Waals surface area contributed by atoms with Crippen LogP contribution < -0.4 is 5.32 Å². The van der Waals surface area contributed by atoms with Crippen molar-refractivity contribution in [2.75, 3.05) is 11.9 Å². The van der Waals surface area contributed by atoms with E-state index in [4.69, 9.17) is 14.5 Å². The zero-order chi connectivity index (χ0) is 23.3. The molecular weight excluding hydrogens is 414 g/mol. The minimum atomic E-state index is 0.203. The molecule has 2 N–H and O–H groups in total. The van der Waals surface area contributed by atoms with Crippen LogP contribution in [0.25, 0.3) is 22.6 Å². The third kappa shape index (κ3) is 4.22. The van der Waals surface area contributed by atoms with E-state index in [2.05, 4.69) is 29.2 Å². The van der Waals surface area contributed by atoms with Crippen molar-refractivity contribution in [1.82, 2.24) is 20.0 Å². The lowest BCUT2D eigenvalue weighted by Crippen LogP contribution is -2.46. The van der Waals surface area contributed by atoms with Gasteiger partial charge < -0.3 is 14.9 Å². The summed E-state index contributed by atoms with van der Waals surface area (Å²) in [5.41, 5.74) is 5.37. The normalized spacial score (nSPS) is 21.4. The highest BCUT2D eigenvalue weighted by molar-refractivity contribution is 5.75. The van der Waals surface area contributed by atoms with Crippen LogP contribution in [0.5, 0.6) is 5.75 Å². The molecule has 2 aromatic heterocycles. The first kappa shape index (κ1) is 21.9. The van der Waals surface area contributed by atoms with Crippen molar-refractivity contribution in [2.45, 2.75) is 78.4 Å². The molecule has 0 amide bonds. The Hall–Kier alpha value is -2.93. The van der Waals surface area contributed by atoms with Crippen LogP contribution in [0.4, 0.5) is 5.82 Å². The number of nitrogens with one attached hydrogen (secondary N) is 1. The number of phenols is 1. The molecule has 2 atom stereocenters. The number of benzene rings is 1. The Labute approximate surface area is 195 Å². The molecule has 1 aliphatic carbocycles. The van der Waals surface area contributed by atoms with E-state index in [0.717, 1.165) is 70.6 Å². The average Bonchev–Trinajstić information content (AvgIpc) is 3.56. The van der Waals surface area contributed by atoms with E-state index in [9.17, 15) is 5.11 Å². The molecule has 0 spiro atoms. The van der Waals surface area contributed by atoms with Crippen molar-refractivity contribution < 1.29 is 9.63 Å². The standard InChI is InChI=1S/C26H33N5O2/c1-14-6-9-21(32)13-22(14)26-28-24(23-17(4)30-33-18(23)5)16(3)25(29-26)27-19-10-11-31(15(2)12-19)20-7-8-20/h6,9,13,15,19-20,32H,7-8,10-12H2,1-5H3,(H,27,28,29)/t15-,19-/m0/s1. The molecule has 2 fully saturated rings. The van der Waals surface area contributed by atoms with Crippen molar-refractivity contribution in [1.29, 1.82) is 0 Å². The number of phenolic OH excluding ortho intramolecular Hbond substituents is 1. The van der Waals surface area contributed by atoms with E-state index >= 15 is 0 Å². The Bertz CT molecular complexity index is 1160. The van der Waals surface area contributed by atoms with E-state index in [-0.39, 0.29) is 5.75 Å². The molecule has 3 aromatic rings. The Morgan fingerprint density at radius 2 is 1.88 bits per heavy atom. The maximum Gasteiger partial charge on any atom is 0.162 e. The van der Waals surface area contributed by atoms with Gasteiger partial charge in [0.25, 0.3) is 0 Å². The number of hydrogen-bond acceptors (Lipinski definition) is 7. The molecule has 3 heterocycles. The summed E-state index contributed by atoms with van der Waals surface area (Å²) in [7, 11) is 0. The molecule has 1 aromatic carbocycles. The van der Waals surface area contributed by atoms with Gasteiger partial charge in [-0.1, -0.05) is 11.2 Å². The molecule has 1 saturated carbocycles. The van der Waals surface area contributed by atoms with Crippen LogP contribution in [0.3, 0.4) is 0 Å². The van der Waals surface area contributed by atoms with Crippen LogP contribution in [0.1, 0.15) is 55.2 Å². The zero-order valence-corrected chi connectivity index (χ0v) is 20.1. The lowest BCUT2D eigenvalue weighted by Gasteiger charge is -2.38. The van der Waals surface area contributed by atoms with Crippen molar-refractivity contribution in [3.8, 4) is 28.4 Å². The Morgan fingerprint density at radius 3 is 2.55 bits per heavy atom. The summed E-state index contributed by atoms with van der Waals surface area (Å²) in [6, 6.07) is 7.05. The van der Waals surface area contributed by atoms with Crippen molar-refractivity contribution in [3.05, 3.63) is 40.8 Å². The van der Waals surface area contributed by atoms with Crippen LogP contribution in [0, 0.1) is 27.7 Å². The number of aryl methyl sites for hydroxylation is 3. The Balaban J connectivity index is 1.55. The predicted molar refractivity (Wildman–Crippen MR) is 129 cm³/mol. The highest BCUT2D eigenvalue weighted by Crippen LogP contribution is 2.36. The molecule has 2 aliphatic rings. The molecule has 0 unspecified atom stereocenters. The van der Waals surface area contributed by atoms with Crippen LogP contribution in [-0.4, -0.2) is 49.8 Å². The quantitative estimate of drug-likeness (QED) is 0.558. The summed E-state index contributed by atoms with van der Waals surface area (Å²) in [5.74, 6) is 2.38. The molecule has 0 radical (unpaired) electrons. The SMILES string of the molecule is Cc1ccc(O)cc1-c1nc(N[C@H]2CCN(C3CC3)[C@@H](C)C2)c(C)c(-c2c(C)noc2C)n1. The highest BCUT2D eigenvalue weighted by atomic mass is 16.5. The molecular formula is C26H33N5O2. The maximum atomic E-state index is 10.1. The molecule has 174 valence electrons. The second kappa shape index (κ2) is 8.45. The van der Waals surface area contributed by atoms with Crippen LogP contribution in [0.15, 0.2) is 22.7 Å².